The Morgan fingerprint density at radius 3 is 1.36 bits per heavy atom. The van der Waals surface area contributed by atoms with Gasteiger partial charge in [-0.15, -0.1) is 0 Å². The molecule has 4 aliphatic rings. The van der Waals surface area contributed by atoms with Gasteiger partial charge in [-0.1, -0.05) is 52.0 Å². The van der Waals surface area contributed by atoms with Crippen molar-refractivity contribution in [3.63, 3.8) is 0 Å². The number of ketones is 2. The molecule has 278 valence electrons. The summed E-state index contributed by atoms with van der Waals surface area (Å²) >= 11 is 0. The molecule has 56 heavy (non-hydrogen) atoms. The third kappa shape index (κ3) is 4.84. The van der Waals surface area contributed by atoms with E-state index in [0.29, 0.717) is 22.3 Å². The molecule has 8 nitrogen and oxygen atoms in total. The second-order valence-electron chi connectivity index (χ2n) is 16.4. The Morgan fingerprint density at radius 2 is 0.964 bits per heavy atom. The summed E-state index contributed by atoms with van der Waals surface area (Å²) in [4.78, 5) is 31.4. The zero-order chi connectivity index (χ0) is 39.6. The van der Waals surface area contributed by atoms with Crippen LogP contribution in [0.25, 0.3) is 34.0 Å². The predicted octanol–water partition coefficient (Wildman–Crippen LogP) is 7.82. The summed E-state index contributed by atoms with van der Waals surface area (Å²) in [5.41, 5.74) is 10.1. The summed E-state index contributed by atoms with van der Waals surface area (Å²) in [6.45, 7) is 8.57. The smallest absolute Gasteiger partial charge is 0.212 e. The largest absolute Gasteiger partial charge is 0.506 e. The maximum atomic E-state index is 13.6. The van der Waals surface area contributed by atoms with Crippen LogP contribution >= 0.6 is 0 Å². The fourth-order valence-corrected chi connectivity index (χ4v) is 9.09. The molecule has 2 aliphatic carbocycles. The summed E-state index contributed by atoms with van der Waals surface area (Å²) < 4.78 is 4.07. The number of carbonyl (C=O) groups excluding carboxylic acids is 2. The topological polar surface area (TPSA) is 88.8 Å². The molecule has 0 bridgehead atoms. The molecule has 0 saturated carbocycles. The number of aromatic nitrogens is 2. The number of aliphatic hydroxyl groups excluding tert-OH is 2. The van der Waals surface area contributed by atoms with Gasteiger partial charge in [-0.2, -0.15) is 0 Å². The zero-order valence-electron chi connectivity index (χ0n) is 32.9. The normalized spacial score (nSPS) is 21.3. The van der Waals surface area contributed by atoms with E-state index in [-0.39, 0.29) is 23.1 Å². The number of Topliss-reactive ketones (excluding diaryl/α,β-unsaturated/α-hetero) is 2. The van der Waals surface area contributed by atoms with E-state index in [0.717, 1.165) is 66.8 Å². The van der Waals surface area contributed by atoms with Crippen LogP contribution in [0.15, 0.2) is 143 Å². The van der Waals surface area contributed by atoms with Gasteiger partial charge in [0.1, 0.15) is 25.6 Å². The quantitative estimate of drug-likeness (QED) is 0.144. The molecule has 0 atom stereocenters. The highest BCUT2D eigenvalue weighted by Gasteiger charge is 2.47. The Hall–Kier alpha value is -6.54. The summed E-state index contributed by atoms with van der Waals surface area (Å²) in [6.07, 6.45) is 11.2. The number of allylic oxidation sites excluding steroid dienone is 8. The lowest BCUT2D eigenvalue weighted by atomic mass is 9.76. The number of aryl methyl sites for hydroxylation is 2. The SMILES string of the molecule is CN1C(=CC2=C(O)C(=Cc3cc[n+](C)c4ccccc34)C2=O)C(C)(C)c2cc3c(cc21)N(C)C(=CC1=C(O)C(=Cc2cc[n+](C)c4ccccc24)C1=O)C3(C)C. The van der Waals surface area contributed by atoms with Crippen LogP contribution in [0.3, 0.4) is 0 Å². The number of hydrogen-bond donors (Lipinski definition) is 2. The van der Waals surface area contributed by atoms with Gasteiger partial charge in [0.15, 0.2) is 12.4 Å². The Labute approximate surface area is 326 Å². The van der Waals surface area contributed by atoms with Gasteiger partial charge in [-0.3, -0.25) is 9.59 Å². The van der Waals surface area contributed by atoms with Crippen molar-refractivity contribution in [2.75, 3.05) is 23.9 Å². The average Bonchev–Trinajstić information content (AvgIpc) is 3.50. The molecule has 2 N–H and O–H groups in total. The maximum absolute atomic E-state index is 13.6. The van der Waals surface area contributed by atoms with Crippen LogP contribution in [-0.2, 0) is 34.5 Å². The Kier molecular flexibility index (Phi) is 7.52. The standard InChI is InChI=1S/C48H42N4O4/c1-47(2)35-25-36-40(26-39(35)51(7)41(47)23-33-43(53)31(44(33)54)21-27-17-19-49(5)37-15-11-9-13-29(27)37)52(8)42(48(36,3)4)24-34-45(55)32(46(34)56)22-28-18-20-50(6)38-16-12-10-14-30(28)38/h9-26H,1-8H3/p+2. The van der Waals surface area contributed by atoms with E-state index in [1.807, 2.05) is 123 Å². The first-order valence-corrected chi connectivity index (χ1v) is 18.9. The number of para-hydroxylation sites is 2. The third-order valence-corrected chi connectivity index (χ3v) is 12.5. The number of aliphatic hydroxyl groups is 2. The van der Waals surface area contributed by atoms with Gasteiger partial charge >= 0.3 is 0 Å². The number of hydrogen-bond acceptors (Lipinski definition) is 6. The van der Waals surface area contributed by atoms with E-state index in [1.54, 1.807) is 12.2 Å². The number of rotatable bonds is 4. The summed E-state index contributed by atoms with van der Waals surface area (Å²) in [7, 11) is 7.96. The second-order valence-corrected chi connectivity index (χ2v) is 16.4. The number of nitrogens with zero attached hydrogens (tertiary/aromatic N) is 4. The minimum Gasteiger partial charge on any atom is -0.506 e. The Bertz CT molecular complexity index is 2670. The molecule has 2 aliphatic heterocycles. The van der Waals surface area contributed by atoms with Crippen LogP contribution in [0.1, 0.15) is 49.9 Å². The van der Waals surface area contributed by atoms with Crippen LogP contribution in [0.5, 0.6) is 0 Å². The van der Waals surface area contributed by atoms with Crippen molar-refractivity contribution in [3.8, 4) is 0 Å². The van der Waals surface area contributed by atoms with E-state index in [4.69, 9.17) is 0 Å². The molecule has 3 aromatic carbocycles. The van der Waals surface area contributed by atoms with Crippen LogP contribution in [0, 0.1) is 0 Å². The molecule has 0 spiro atoms. The van der Waals surface area contributed by atoms with Crippen molar-refractivity contribution in [3.05, 3.63) is 165 Å². The lowest BCUT2D eigenvalue weighted by Crippen LogP contribution is -2.28. The molecular formula is C48H44N4O4+2. The van der Waals surface area contributed by atoms with Crippen LogP contribution in [0.2, 0.25) is 0 Å². The molecule has 2 aromatic heterocycles. The summed E-state index contributed by atoms with van der Waals surface area (Å²) in [5.74, 6) is -0.355. The van der Waals surface area contributed by atoms with Crippen molar-refractivity contribution in [2.45, 2.75) is 38.5 Å². The molecule has 0 amide bonds. The monoisotopic (exact) mass is 740 g/mol. The highest BCUT2D eigenvalue weighted by atomic mass is 16.3. The van der Waals surface area contributed by atoms with Crippen molar-refractivity contribution in [1.82, 2.24) is 0 Å². The molecule has 0 fully saturated rings. The van der Waals surface area contributed by atoms with E-state index < -0.39 is 10.8 Å². The molecule has 5 aromatic rings. The van der Waals surface area contributed by atoms with Crippen LogP contribution < -0.4 is 18.9 Å². The molecule has 9 rings (SSSR count). The van der Waals surface area contributed by atoms with Crippen molar-refractivity contribution < 1.29 is 28.9 Å². The fourth-order valence-electron chi connectivity index (χ4n) is 9.09. The van der Waals surface area contributed by atoms with E-state index in [9.17, 15) is 19.8 Å². The summed E-state index contributed by atoms with van der Waals surface area (Å²) in [6, 6.07) is 24.3. The second kappa shape index (κ2) is 12.0. The van der Waals surface area contributed by atoms with Gasteiger partial charge in [-0.25, -0.2) is 9.13 Å². The third-order valence-electron chi connectivity index (χ3n) is 12.5. The first-order chi connectivity index (χ1) is 26.6. The number of benzene rings is 3. The highest BCUT2D eigenvalue weighted by molar-refractivity contribution is 6.24. The van der Waals surface area contributed by atoms with E-state index in [1.165, 1.54) is 0 Å². The number of carbonyl (C=O) groups is 2. The minimum atomic E-state index is -0.485. The Morgan fingerprint density at radius 1 is 0.571 bits per heavy atom. The van der Waals surface area contributed by atoms with E-state index in [2.05, 4.69) is 49.6 Å². The molecule has 4 heterocycles. The first kappa shape index (κ1) is 35.2. The van der Waals surface area contributed by atoms with Crippen molar-refractivity contribution >= 4 is 56.9 Å². The zero-order valence-corrected chi connectivity index (χ0v) is 32.9. The summed E-state index contributed by atoms with van der Waals surface area (Å²) in [5, 5.41) is 24.5. The van der Waals surface area contributed by atoms with Gasteiger partial charge in [0.05, 0.1) is 33.1 Å². The lowest BCUT2D eigenvalue weighted by Gasteiger charge is -2.28. The minimum absolute atomic E-state index is 0.00502. The van der Waals surface area contributed by atoms with E-state index >= 15 is 0 Å². The molecule has 0 radical (unpaired) electrons. The maximum Gasteiger partial charge on any atom is 0.212 e. The van der Waals surface area contributed by atoms with Crippen molar-refractivity contribution in [1.29, 1.82) is 0 Å². The molecule has 8 heteroatoms. The molecule has 0 unspecified atom stereocenters. The van der Waals surface area contributed by atoms with Gasteiger partial charge in [0.25, 0.3) is 0 Å². The Balaban J connectivity index is 1.04. The number of fused-ring (bicyclic) bond motifs is 4. The lowest BCUT2D eigenvalue weighted by molar-refractivity contribution is -0.645. The molecular weight excluding hydrogens is 697 g/mol. The highest BCUT2D eigenvalue weighted by Crippen LogP contribution is 2.56. The fraction of sp³-hybridized carbons (Fsp3) is 0.208. The van der Waals surface area contributed by atoms with Gasteiger partial charge in [-0.05, 0) is 70.8 Å². The number of anilines is 2. The van der Waals surface area contributed by atoms with Crippen molar-refractivity contribution in [2.24, 2.45) is 14.1 Å². The first-order valence-electron chi connectivity index (χ1n) is 18.9. The van der Waals surface area contributed by atoms with Gasteiger partial charge in [0, 0.05) is 72.0 Å². The molecule has 0 saturated heterocycles. The predicted molar refractivity (Wildman–Crippen MR) is 221 cm³/mol. The van der Waals surface area contributed by atoms with Gasteiger partial charge in [0.2, 0.25) is 22.6 Å². The van der Waals surface area contributed by atoms with Crippen LogP contribution in [-0.4, -0.2) is 35.9 Å². The van der Waals surface area contributed by atoms with Crippen LogP contribution in [0.4, 0.5) is 11.4 Å². The number of likely N-dealkylation sites (N-methyl/N-ethyl adjacent to an activating group) is 2. The van der Waals surface area contributed by atoms with Gasteiger partial charge < -0.3 is 20.0 Å². The average molecular weight is 741 g/mol. The number of pyridine rings is 2.